The summed E-state index contributed by atoms with van der Waals surface area (Å²) in [6.07, 6.45) is 3.85. The molecule has 0 aromatic carbocycles. The minimum Gasteiger partial charge on any atom is -0.376 e. The van der Waals surface area contributed by atoms with Crippen LogP contribution in [0.15, 0.2) is 24.5 Å². The lowest BCUT2D eigenvalue weighted by Crippen LogP contribution is -2.40. The lowest BCUT2D eigenvalue weighted by Gasteiger charge is -2.23. The van der Waals surface area contributed by atoms with Crippen LogP contribution in [0.2, 0.25) is 0 Å². The molecule has 0 unspecified atom stereocenters. The Morgan fingerprint density at radius 3 is 2.82 bits per heavy atom. The molecular weight excluding hydrogens is 300 g/mol. The summed E-state index contributed by atoms with van der Waals surface area (Å²) in [5.41, 5.74) is 1.78. The Balaban J connectivity index is 1.77. The van der Waals surface area contributed by atoms with Crippen molar-refractivity contribution in [1.29, 1.82) is 0 Å². The van der Waals surface area contributed by atoms with E-state index in [9.17, 15) is 4.79 Å². The molecule has 5 nitrogen and oxygen atoms in total. The van der Waals surface area contributed by atoms with Crippen LogP contribution >= 0.6 is 11.3 Å². The molecule has 0 saturated carbocycles. The minimum absolute atomic E-state index is 0.0558. The van der Waals surface area contributed by atoms with Crippen molar-refractivity contribution in [1.82, 2.24) is 9.88 Å². The first-order valence-corrected chi connectivity index (χ1v) is 8.19. The highest BCUT2D eigenvalue weighted by Crippen LogP contribution is 2.30. The second-order valence-electron chi connectivity index (χ2n) is 5.33. The molecule has 1 amide bonds. The van der Waals surface area contributed by atoms with E-state index in [1.54, 1.807) is 11.3 Å². The minimum atomic E-state index is -0.0623. The molecule has 118 valence electrons. The molecule has 0 aliphatic carbocycles. The molecule has 0 bridgehead atoms. The molecule has 1 atom stereocenters. The molecule has 1 fully saturated rings. The molecule has 1 aliphatic rings. The van der Waals surface area contributed by atoms with E-state index in [4.69, 9.17) is 9.47 Å². The van der Waals surface area contributed by atoms with Crippen LogP contribution < -0.4 is 5.32 Å². The molecule has 2 aromatic rings. The fraction of sp³-hybridized carbons (Fsp3) is 0.438. The smallest absolute Gasteiger partial charge is 0.254 e. The van der Waals surface area contributed by atoms with Gasteiger partial charge in [-0.05, 0) is 31.5 Å². The topological polar surface area (TPSA) is 52.5 Å². The lowest BCUT2D eigenvalue weighted by molar-refractivity contribution is -0.0855. The third-order valence-electron chi connectivity index (χ3n) is 3.81. The highest BCUT2D eigenvalue weighted by atomic mass is 32.1. The van der Waals surface area contributed by atoms with E-state index >= 15 is 0 Å². The van der Waals surface area contributed by atoms with E-state index in [0.29, 0.717) is 26.4 Å². The number of thiophene rings is 1. The first-order chi connectivity index (χ1) is 10.7. The predicted octanol–water partition coefficient (Wildman–Crippen LogP) is 2.30. The van der Waals surface area contributed by atoms with E-state index < -0.39 is 0 Å². The van der Waals surface area contributed by atoms with Crippen LogP contribution in [0.3, 0.4) is 0 Å². The van der Waals surface area contributed by atoms with Crippen LogP contribution in [0, 0.1) is 13.8 Å². The lowest BCUT2D eigenvalue weighted by atomic mass is 10.1. The Morgan fingerprint density at radius 2 is 2.14 bits per heavy atom. The van der Waals surface area contributed by atoms with Crippen LogP contribution in [0.1, 0.15) is 20.8 Å². The first kappa shape index (κ1) is 15.3. The molecular formula is C16H20N2O3S. The van der Waals surface area contributed by atoms with Crippen molar-refractivity contribution in [2.75, 3.05) is 26.4 Å². The van der Waals surface area contributed by atoms with Gasteiger partial charge in [-0.25, -0.2) is 0 Å². The Morgan fingerprint density at radius 1 is 1.36 bits per heavy atom. The zero-order valence-electron chi connectivity index (χ0n) is 12.8. The Bertz CT molecular complexity index is 643. The van der Waals surface area contributed by atoms with Gasteiger partial charge in [0.1, 0.15) is 5.00 Å². The maximum atomic E-state index is 12.6. The van der Waals surface area contributed by atoms with Gasteiger partial charge in [0.2, 0.25) is 0 Å². The summed E-state index contributed by atoms with van der Waals surface area (Å²) >= 11 is 1.63. The Kier molecular flexibility index (Phi) is 4.61. The number of ether oxygens (including phenoxy) is 2. The fourth-order valence-electron chi connectivity index (χ4n) is 2.48. The second kappa shape index (κ2) is 6.64. The second-order valence-corrected chi connectivity index (χ2v) is 6.53. The maximum absolute atomic E-state index is 12.6. The molecule has 0 radical (unpaired) electrons. The summed E-state index contributed by atoms with van der Waals surface area (Å²) < 4.78 is 12.9. The van der Waals surface area contributed by atoms with E-state index in [1.165, 1.54) is 0 Å². The van der Waals surface area contributed by atoms with E-state index in [2.05, 4.69) is 5.32 Å². The van der Waals surface area contributed by atoms with Gasteiger partial charge in [0.15, 0.2) is 0 Å². The average Bonchev–Trinajstić information content (AvgIpc) is 3.15. The monoisotopic (exact) mass is 320 g/mol. The van der Waals surface area contributed by atoms with Gasteiger partial charge in [-0.3, -0.25) is 4.79 Å². The van der Waals surface area contributed by atoms with Gasteiger partial charge in [0.05, 0.1) is 31.5 Å². The van der Waals surface area contributed by atoms with E-state index in [-0.39, 0.29) is 12.0 Å². The van der Waals surface area contributed by atoms with Crippen molar-refractivity contribution < 1.29 is 14.3 Å². The normalized spacial score (nSPS) is 18.4. The van der Waals surface area contributed by atoms with Gasteiger partial charge in [0, 0.05) is 23.8 Å². The van der Waals surface area contributed by atoms with Crippen LogP contribution in [-0.2, 0) is 9.47 Å². The summed E-state index contributed by atoms with van der Waals surface area (Å²) in [4.78, 5) is 13.8. The van der Waals surface area contributed by atoms with Crippen molar-refractivity contribution in [2.24, 2.45) is 0 Å². The number of carbonyl (C=O) groups excluding carboxylic acids is 1. The van der Waals surface area contributed by atoms with E-state index in [0.717, 1.165) is 21.0 Å². The SMILES string of the molecule is Cc1sc(-n2cccc2)c(C(=O)NC[C@@H]2COCCO2)c1C. The molecule has 6 heteroatoms. The van der Waals surface area contributed by atoms with Crippen molar-refractivity contribution >= 4 is 17.2 Å². The highest BCUT2D eigenvalue weighted by molar-refractivity contribution is 7.15. The Labute approximate surface area is 133 Å². The molecule has 1 N–H and O–H groups in total. The summed E-state index contributed by atoms with van der Waals surface area (Å²) in [5.74, 6) is -0.0558. The average molecular weight is 320 g/mol. The van der Waals surface area contributed by atoms with Crippen LogP contribution in [-0.4, -0.2) is 42.9 Å². The van der Waals surface area contributed by atoms with Gasteiger partial charge in [-0.1, -0.05) is 0 Å². The van der Waals surface area contributed by atoms with Gasteiger partial charge in [0.25, 0.3) is 5.91 Å². The molecule has 1 aliphatic heterocycles. The van der Waals surface area contributed by atoms with Gasteiger partial charge in [-0.2, -0.15) is 0 Å². The number of rotatable bonds is 4. The third-order valence-corrected chi connectivity index (χ3v) is 5.03. The molecule has 2 aromatic heterocycles. The van der Waals surface area contributed by atoms with Gasteiger partial charge in [-0.15, -0.1) is 11.3 Å². The van der Waals surface area contributed by atoms with E-state index in [1.807, 2.05) is 42.9 Å². The third kappa shape index (κ3) is 3.09. The molecule has 0 spiro atoms. The number of hydrogen-bond acceptors (Lipinski definition) is 4. The molecule has 3 heterocycles. The van der Waals surface area contributed by atoms with Gasteiger partial charge >= 0.3 is 0 Å². The van der Waals surface area contributed by atoms with Gasteiger partial charge < -0.3 is 19.4 Å². The molecule has 22 heavy (non-hydrogen) atoms. The van der Waals surface area contributed by atoms with Crippen LogP contribution in [0.4, 0.5) is 0 Å². The van der Waals surface area contributed by atoms with Crippen molar-refractivity contribution in [3.8, 4) is 5.00 Å². The zero-order valence-corrected chi connectivity index (χ0v) is 13.6. The first-order valence-electron chi connectivity index (χ1n) is 7.37. The predicted molar refractivity (Wildman–Crippen MR) is 86.0 cm³/mol. The quantitative estimate of drug-likeness (QED) is 0.940. The number of amides is 1. The maximum Gasteiger partial charge on any atom is 0.254 e. The standard InChI is InChI=1S/C16H20N2O3S/c1-11-12(2)22-16(18-5-3-4-6-18)14(11)15(19)17-9-13-10-20-7-8-21-13/h3-6,13H,7-10H2,1-2H3,(H,17,19)/t13-/m1/s1. The number of aromatic nitrogens is 1. The zero-order chi connectivity index (χ0) is 15.5. The van der Waals surface area contributed by atoms with Crippen LogP contribution in [0.25, 0.3) is 5.00 Å². The highest BCUT2D eigenvalue weighted by Gasteiger charge is 2.22. The summed E-state index contributed by atoms with van der Waals surface area (Å²) in [6.45, 7) is 6.26. The summed E-state index contributed by atoms with van der Waals surface area (Å²) in [6, 6.07) is 3.92. The van der Waals surface area contributed by atoms with Crippen molar-refractivity contribution in [2.45, 2.75) is 20.0 Å². The molecule has 3 rings (SSSR count). The summed E-state index contributed by atoms with van der Waals surface area (Å²) in [5, 5.41) is 3.93. The van der Waals surface area contributed by atoms with Crippen molar-refractivity contribution in [3.63, 3.8) is 0 Å². The largest absolute Gasteiger partial charge is 0.376 e. The number of carbonyl (C=O) groups is 1. The number of aryl methyl sites for hydroxylation is 1. The van der Waals surface area contributed by atoms with Crippen LogP contribution in [0.5, 0.6) is 0 Å². The van der Waals surface area contributed by atoms with Crippen molar-refractivity contribution in [3.05, 3.63) is 40.5 Å². The fourth-order valence-corrected chi connectivity index (χ4v) is 3.60. The summed E-state index contributed by atoms with van der Waals surface area (Å²) in [7, 11) is 0. The number of nitrogens with one attached hydrogen (secondary N) is 1. The Hall–Kier alpha value is -1.63. The molecule has 1 saturated heterocycles. The number of hydrogen-bond donors (Lipinski definition) is 1. The number of nitrogens with zero attached hydrogens (tertiary/aromatic N) is 1.